The Labute approximate surface area is 121 Å². The minimum atomic E-state index is -1.21. The number of imide groups is 1. The topological polar surface area (TPSA) is 116 Å². The first-order chi connectivity index (χ1) is 9.66. The highest BCUT2D eigenvalue weighted by Gasteiger charge is 2.43. The van der Waals surface area contributed by atoms with E-state index in [1.165, 1.54) is 9.80 Å². The van der Waals surface area contributed by atoms with Crippen molar-refractivity contribution < 1.29 is 29.0 Å². The summed E-state index contributed by atoms with van der Waals surface area (Å²) in [4.78, 5) is 48.5. The molecule has 0 radical (unpaired) electrons. The molecule has 0 bridgehead atoms. The monoisotopic (exact) mass is 301 g/mol. The van der Waals surface area contributed by atoms with Gasteiger partial charge in [-0.2, -0.15) is 0 Å². The second-order valence-electron chi connectivity index (χ2n) is 5.18. The van der Waals surface area contributed by atoms with E-state index in [9.17, 15) is 19.2 Å². The van der Waals surface area contributed by atoms with Gasteiger partial charge < -0.3 is 19.6 Å². The van der Waals surface area contributed by atoms with Crippen LogP contribution in [-0.4, -0.2) is 77.6 Å². The zero-order valence-corrected chi connectivity index (χ0v) is 12.2. The van der Waals surface area contributed by atoms with Crippen LogP contribution in [0.5, 0.6) is 0 Å². The standard InChI is InChI=1S/C12H19N3O6/c1-12(2)10(19)14(3)4-5-15(12)11(20)13-8(16)6-21-7-9(17)18/h4-7H2,1-3H3,(H,17,18)(H,13,16,20). The Balaban J connectivity index is 2.57. The molecule has 4 amide bonds. The highest BCUT2D eigenvalue weighted by molar-refractivity contribution is 5.98. The van der Waals surface area contributed by atoms with Crippen LogP contribution in [0.2, 0.25) is 0 Å². The van der Waals surface area contributed by atoms with Crippen molar-refractivity contribution in [2.45, 2.75) is 19.4 Å². The number of nitrogens with one attached hydrogen (secondary N) is 1. The Morgan fingerprint density at radius 2 is 1.90 bits per heavy atom. The predicted molar refractivity (Wildman–Crippen MR) is 70.4 cm³/mol. The summed E-state index contributed by atoms with van der Waals surface area (Å²) >= 11 is 0. The lowest BCUT2D eigenvalue weighted by Crippen LogP contribution is -2.65. The second kappa shape index (κ2) is 6.53. The summed E-state index contributed by atoms with van der Waals surface area (Å²) < 4.78 is 4.58. The van der Waals surface area contributed by atoms with Gasteiger partial charge in [0.05, 0.1) is 0 Å². The maximum Gasteiger partial charge on any atom is 0.329 e. The number of likely N-dealkylation sites (N-methyl/N-ethyl adjacent to an activating group) is 1. The van der Waals surface area contributed by atoms with Crippen molar-refractivity contribution >= 4 is 23.8 Å². The van der Waals surface area contributed by atoms with Crippen molar-refractivity contribution in [3.63, 3.8) is 0 Å². The number of carboxylic acids is 1. The SMILES string of the molecule is CN1CCN(C(=O)NC(=O)COCC(=O)O)C(C)(C)C1=O. The van der Waals surface area contributed by atoms with Gasteiger partial charge in [-0.15, -0.1) is 0 Å². The summed E-state index contributed by atoms with van der Waals surface area (Å²) in [5.41, 5.74) is -1.06. The lowest BCUT2D eigenvalue weighted by atomic mass is 9.98. The molecule has 1 saturated heterocycles. The van der Waals surface area contributed by atoms with E-state index in [0.29, 0.717) is 13.1 Å². The molecule has 0 aromatic rings. The van der Waals surface area contributed by atoms with E-state index in [-0.39, 0.29) is 5.91 Å². The van der Waals surface area contributed by atoms with Crippen molar-refractivity contribution in [1.82, 2.24) is 15.1 Å². The van der Waals surface area contributed by atoms with Crippen LogP contribution in [0.1, 0.15) is 13.8 Å². The molecule has 0 aliphatic carbocycles. The number of urea groups is 1. The van der Waals surface area contributed by atoms with Crippen LogP contribution in [0.15, 0.2) is 0 Å². The maximum atomic E-state index is 12.0. The van der Waals surface area contributed by atoms with Gasteiger partial charge in [-0.1, -0.05) is 0 Å². The fourth-order valence-corrected chi connectivity index (χ4v) is 2.02. The van der Waals surface area contributed by atoms with Crippen molar-refractivity contribution in [3.05, 3.63) is 0 Å². The third kappa shape index (κ3) is 4.15. The molecule has 0 atom stereocenters. The van der Waals surface area contributed by atoms with Gasteiger partial charge in [0.25, 0.3) is 5.91 Å². The minimum Gasteiger partial charge on any atom is -0.480 e. The summed E-state index contributed by atoms with van der Waals surface area (Å²) in [6.45, 7) is 2.69. The van der Waals surface area contributed by atoms with Crippen LogP contribution in [0, 0.1) is 0 Å². The Bertz CT molecular complexity index is 462. The number of ether oxygens (including phenoxy) is 1. The molecule has 0 unspecified atom stereocenters. The van der Waals surface area contributed by atoms with Crippen LogP contribution in [0.3, 0.4) is 0 Å². The predicted octanol–water partition coefficient (Wildman–Crippen LogP) is -1.12. The molecule has 9 heteroatoms. The fourth-order valence-electron chi connectivity index (χ4n) is 2.02. The van der Waals surface area contributed by atoms with Gasteiger partial charge in [-0.05, 0) is 13.8 Å². The average molecular weight is 301 g/mol. The van der Waals surface area contributed by atoms with Gasteiger partial charge in [0.2, 0.25) is 5.91 Å². The lowest BCUT2D eigenvalue weighted by molar-refractivity contribution is -0.145. The van der Waals surface area contributed by atoms with Crippen LogP contribution in [0.25, 0.3) is 0 Å². The highest BCUT2D eigenvalue weighted by atomic mass is 16.5. The van der Waals surface area contributed by atoms with E-state index in [1.54, 1.807) is 20.9 Å². The van der Waals surface area contributed by atoms with Gasteiger partial charge in [0.1, 0.15) is 18.8 Å². The first kappa shape index (κ1) is 16.9. The third-order valence-corrected chi connectivity index (χ3v) is 3.15. The van der Waals surface area contributed by atoms with Crippen molar-refractivity contribution in [1.29, 1.82) is 0 Å². The number of hydrogen-bond acceptors (Lipinski definition) is 5. The van der Waals surface area contributed by atoms with Gasteiger partial charge in [0, 0.05) is 20.1 Å². The number of hydrogen-bond donors (Lipinski definition) is 2. The van der Waals surface area contributed by atoms with Crippen LogP contribution in [-0.2, 0) is 19.1 Å². The molecule has 21 heavy (non-hydrogen) atoms. The highest BCUT2D eigenvalue weighted by Crippen LogP contribution is 2.21. The molecule has 1 aliphatic rings. The summed E-state index contributed by atoms with van der Waals surface area (Å²) in [5.74, 6) is -2.19. The number of nitrogens with zero attached hydrogens (tertiary/aromatic N) is 2. The molecule has 118 valence electrons. The van der Waals surface area contributed by atoms with E-state index in [4.69, 9.17) is 5.11 Å². The number of carboxylic acid groups (broad SMARTS) is 1. The molecule has 9 nitrogen and oxygen atoms in total. The Hall–Kier alpha value is -2.16. The van der Waals surface area contributed by atoms with Gasteiger partial charge >= 0.3 is 12.0 Å². The molecule has 0 aromatic carbocycles. The molecular weight excluding hydrogens is 282 g/mol. The number of amides is 4. The van der Waals surface area contributed by atoms with E-state index in [2.05, 4.69) is 10.1 Å². The van der Waals surface area contributed by atoms with Crippen molar-refractivity contribution in [2.75, 3.05) is 33.4 Å². The van der Waals surface area contributed by atoms with Crippen molar-refractivity contribution in [3.8, 4) is 0 Å². The first-order valence-electron chi connectivity index (χ1n) is 6.33. The Morgan fingerprint density at radius 1 is 1.29 bits per heavy atom. The quantitative estimate of drug-likeness (QED) is 0.679. The first-order valence-corrected chi connectivity index (χ1v) is 6.33. The summed E-state index contributed by atoms with van der Waals surface area (Å²) in [5, 5.41) is 10.4. The van der Waals surface area contributed by atoms with E-state index < -0.39 is 36.7 Å². The van der Waals surface area contributed by atoms with Crippen LogP contribution in [0.4, 0.5) is 4.79 Å². The number of carbonyl (C=O) groups excluding carboxylic acids is 3. The zero-order chi connectivity index (χ0) is 16.2. The number of carbonyl (C=O) groups is 4. The Morgan fingerprint density at radius 3 is 2.48 bits per heavy atom. The molecule has 1 heterocycles. The summed E-state index contributed by atoms with van der Waals surface area (Å²) in [6, 6.07) is -0.703. The van der Waals surface area contributed by atoms with E-state index in [1.807, 2.05) is 0 Å². The minimum absolute atomic E-state index is 0.224. The van der Waals surface area contributed by atoms with E-state index >= 15 is 0 Å². The second-order valence-corrected chi connectivity index (χ2v) is 5.18. The number of rotatable bonds is 4. The van der Waals surface area contributed by atoms with Gasteiger partial charge in [-0.25, -0.2) is 9.59 Å². The molecule has 2 N–H and O–H groups in total. The maximum absolute atomic E-state index is 12.0. The van der Waals surface area contributed by atoms with E-state index in [0.717, 1.165) is 0 Å². The molecule has 1 aliphatic heterocycles. The largest absolute Gasteiger partial charge is 0.480 e. The zero-order valence-electron chi connectivity index (χ0n) is 12.2. The normalized spacial score (nSPS) is 17.6. The van der Waals surface area contributed by atoms with Crippen LogP contribution < -0.4 is 5.32 Å². The molecule has 0 aromatic heterocycles. The van der Waals surface area contributed by atoms with Gasteiger partial charge in [0.15, 0.2) is 0 Å². The lowest BCUT2D eigenvalue weighted by Gasteiger charge is -2.44. The van der Waals surface area contributed by atoms with Crippen molar-refractivity contribution in [2.24, 2.45) is 0 Å². The molecule has 1 rings (SSSR count). The third-order valence-electron chi connectivity index (χ3n) is 3.15. The molecular formula is C12H19N3O6. The molecule has 1 fully saturated rings. The summed E-state index contributed by atoms with van der Waals surface area (Å²) in [7, 11) is 1.64. The number of aliphatic carboxylic acids is 1. The Kier molecular flexibility index (Phi) is 5.25. The fraction of sp³-hybridized carbons (Fsp3) is 0.667. The molecule has 0 saturated carbocycles. The summed E-state index contributed by atoms with van der Waals surface area (Å²) in [6.07, 6.45) is 0. The average Bonchev–Trinajstić information content (AvgIpc) is 2.35. The number of piperazine rings is 1. The van der Waals surface area contributed by atoms with Crippen LogP contribution >= 0.6 is 0 Å². The van der Waals surface area contributed by atoms with Gasteiger partial charge in [-0.3, -0.25) is 14.9 Å². The molecule has 0 spiro atoms. The smallest absolute Gasteiger partial charge is 0.329 e.